The number of nitrogens with one attached hydrogen (secondary N) is 1. The molecule has 4 heteroatoms. The van der Waals surface area contributed by atoms with Crippen molar-refractivity contribution in [1.29, 1.82) is 0 Å². The monoisotopic (exact) mass is 256 g/mol. The lowest BCUT2D eigenvalue weighted by molar-refractivity contribution is -0.138. The van der Waals surface area contributed by atoms with E-state index >= 15 is 0 Å². The quantitative estimate of drug-likeness (QED) is 0.669. The van der Waals surface area contributed by atoms with E-state index in [0.717, 1.165) is 32.2 Å². The van der Waals surface area contributed by atoms with Gasteiger partial charge in [-0.3, -0.25) is 4.90 Å². The van der Waals surface area contributed by atoms with E-state index in [9.17, 15) is 0 Å². The molecule has 106 valence electrons. The van der Waals surface area contributed by atoms with Crippen LogP contribution in [0.5, 0.6) is 0 Å². The fraction of sp³-hybridized carbons (Fsp3) is 1.00. The maximum absolute atomic E-state index is 5.56. The van der Waals surface area contributed by atoms with Gasteiger partial charge >= 0.3 is 0 Å². The van der Waals surface area contributed by atoms with Gasteiger partial charge in [0.05, 0.1) is 0 Å². The van der Waals surface area contributed by atoms with Crippen LogP contribution in [0.2, 0.25) is 0 Å². The summed E-state index contributed by atoms with van der Waals surface area (Å²) >= 11 is 0. The molecule has 0 amide bonds. The molecule has 18 heavy (non-hydrogen) atoms. The third-order valence-corrected chi connectivity index (χ3v) is 4.10. The second-order valence-electron chi connectivity index (χ2n) is 5.22. The second-order valence-corrected chi connectivity index (χ2v) is 5.22. The first-order valence-corrected chi connectivity index (χ1v) is 7.55. The zero-order valence-electron chi connectivity index (χ0n) is 11.9. The predicted octanol–water partition coefficient (Wildman–Crippen LogP) is 1.60. The third-order valence-electron chi connectivity index (χ3n) is 4.10. The highest BCUT2D eigenvalue weighted by Gasteiger charge is 2.36. The Balaban J connectivity index is 1.65. The van der Waals surface area contributed by atoms with Crippen molar-refractivity contribution < 1.29 is 9.47 Å². The molecule has 0 saturated carbocycles. The van der Waals surface area contributed by atoms with Crippen molar-refractivity contribution >= 4 is 0 Å². The van der Waals surface area contributed by atoms with Gasteiger partial charge in [-0.1, -0.05) is 0 Å². The number of hydrogen-bond donors (Lipinski definition) is 1. The summed E-state index contributed by atoms with van der Waals surface area (Å²) in [5.74, 6) is 0. The minimum absolute atomic E-state index is 0.0337. The van der Waals surface area contributed by atoms with E-state index in [1.165, 1.54) is 32.4 Å². The Morgan fingerprint density at radius 1 is 1.17 bits per heavy atom. The first-order valence-electron chi connectivity index (χ1n) is 7.55. The number of hydrogen-bond acceptors (Lipinski definition) is 4. The van der Waals surface area contributed by atoms with Gasteiger partial charge < -0.3 is 14.8 Å². The standard InChI is InChI=1S/C14H28N2O2/c1-3-17-14(18-4-2)7-9-15-12-8-11-16-10-5-6-13(12)16/h12-15H,3-11H2,1-2H3. The molecule has 2 atom stereocenters. The molecule has 1 N–H and O–H groups in total. The lowest BCUT2D eigenvalue weighted by Gasteiger charge is -2.23. The molecule has 4 nitrogen and oxygen atoms in total. The Morgan fingerprint density at radius 3 is 2.67 bits per heavy atom. The predicted molar refractivity (Wildman–Crippen MR) is 72.7 cm³/mol. The van der Waals surface area contributed by atoms with Gasteiger partial charge in [0.1, 0.15) is 0 Å². The van der Waals surface area contributed by atoms with Gasteiger partial charge in [-0.15, -0.1) is 0 Å². The molecule has 2 aliphatic rings. The van der Waals surface area contributed by atoms with Crippen molar-refractivity contribution in [1.82, 2.24) is 10.2 Å². The molecule has 2 fully saturated rings. The van der Waals surface area contributed by atoms with Crippen molar-refractivity contribution in [2.75, 3.05) is 32.8 Å². The Hall–Kier alpha value is -0.160. The highest BCUT2D eigenvalue weighted by Crippen LogP contribution is 2.27. The van der Waals surface area contributed by atoms with Crippen LogP contribution in [0.4, 0.5) is 0 Å². The van der Waals surface area contributed by atoms with Gasteiger partial charge in [-0.05, 0) is 39.7 Å². The van der Waals surface area contributed by atoms with Gasteiger partial charge in [-0.25, -0.2) is 0 Å². The largest absolute Gasteiger partial charge is 0.353 e. The summed E-state index contributed by atoms with van der Waals surface area (Å²) in [7, 11) is 0. The molecule has 0 aromatic heterocycles. The number of ether oxygens (including phenoxy) is 2. The summed E-state index contributed by atoms with van der Waals surface area (Å²) < 4.78 is 11.1. The van der Waals surface area contributed by atoms with Crippen LogP contribution in [-0.4, -0.2) is 56.1 Å². The molecule has 0 bridgehead atoms. The van der Waals surface area contributed by atoms with E-state index in [1.54, 1.807) is 0 Å². The summed E-state index contributed by atoms with van der Waals surface area (Å²) in [6, 6.07) is 1.49. The molecule has 2 rings (SSSR count). The highest BCUT2D eigenvalue weighted by atomic mass is 16.7. The van der Waals surface area contributed by atoms with Crippen LogP contribution in [0.25, 0.3) is 0 Å². The third kappa shape index (κ3) is 3.67. The summed E-state index contributed by atoms with van der Waals surface area (Å²) in [5, 5.41) is 3.70. The van der Waals surface area contributed by atoms with Crippen LogP contribution in [0.1, 0.15) is 39.5 Å². The van der Waals surface area contributed by atoms with E-state index in [0.29, 0.717) is 6.04 Å². The van der Waals surface area contributed by atoms with Gasteiger partial charge in [-0.2, -0.15) is 0 Å². The second kappa shape index (κ2) is 7.43. The van der Waals surface area contributed by atoms with Crippen molar-refractivity contribution in [2.45, 2.75) is 57.9 Å². The molecular weight excluding hydrogens is 228 g/mol. The lowest BCUT2D eigenvalue weighted by Crippen LogP contribution is -2.40. The van der Waals surface area contributed by atoms with E-state index in [4.69, 9.17) is 9.47 Å². The SMILES string of the molecule is CCOC(CCNC1CCN2CCCC12)OCC. The smallest absolute Gasteiger partial charge is 0.158 e. The Bertz CT molecular complexity index is 232. The van der Waals surface area contributed by atoms with Crippen molar-refractivity contribution in [3.05, 3.63) is 0 Å². The Morgan fingerprint density at radius 2 is 1.94 bits per heavy atom. The van der Waals surface area contributed by atoms with E-state index in [2.05, 4.69) is 10.2 Å². The van der Waals surface area contributed by atoms with Gasteiger partial charge in [0, 0.05) is 44.8 Å². The first kappa shape index (κ1) is 14.3. The van der Waals surface area contributed by atoms with Crippen LogP contribution in [-0.2, 0) is 9.47 Å². The van der Waals surface area contributed by atoms with Crippen molar-refractivity contribution in [2.24, 2.45) is 0 Å². The average molecular weight is 256 g/mol. The van der Waals surface area contributed by atoms with Gasteiger partial charge in [0.15, 0.2) is 6.29 Å². The van der Waals surface area contributed by atoms with Crippen LogP contribution in [0.15, 0.2) is 0 Å². The molecular formula is C14H28N2O2. The van der Waals surface area contributed by atoms with Crippen LogP contribution < -0.4 is 5.32 Å². The lowest BCUT2D eigenvalue weighted by atomic mass is 10.1. The van der Waals surface area contributed by atoms with Crippen LogP contribution in [0.3, 0.4) is 0 Å². The van der Waals surface area contributed by atoms with Crippen molar-refractivity contribution in [3.63, 3.8) is 0 Å². The first-order chi connectivity index (χ1) is 8.85. The summed E-state index contributed by atoms with van der Waals surface area (Å²) in [5.41, 5.74) is 0. The summed E-state index contributed by atoms with van der Waals surface area (Å²) in [6.07, 6.45) is 4.97. The van der Waals surface area contributed by atoms with E-state index < -0.39 is 0 Å². The zero-order valence-corrected chi connectivity index (χ0v) is 11.9. The number of rotatable bonds is 8. The molecule has 0 spiro atoms. The fourth-order valence-corrected chi connectivity index (χ4v) is 3.29. The van der Waals surface area contributed by atoms with Crippen LogP contribution >= 0.6 is 0 Å². The molecule has 0 aromatic rings. The molecule has 0 aliphatic carbocycles. The van der Waals surface area contributed by atoms with Gasteiger partial charge in [0.25, 0.3) is 0 Å². The molecule has 2 aliphatic heterocycles. The van der Waals surface area contributed by atoms with E-state index in [1.807, 2.05) is 13.8 Å². The normalized spacial score (nSPS) is 28.2. The minimum Gasteiger partial charge on any atom is -0.353 e. The molecule has 0 radical (unpaired) electrons. The molecule has 2 heterocycles. The maximum Gasteiger partial charge on any atom is 0.158 e. The Kier molecular flexibility index (Phi) is 5.89. The van der Waals surface area contributed by atoms with Gasteiger partial charge in [0.2, 0.25) is 0 Å². The highest BCUT2D eigenvalue weighted by molar-refractivity contribution is 4.95. The molecule has 2 unspecified atom stereocenters. The topological polar surface area (TPSA) is 33.7 Å². The summed E-state index contributed by atoms with van der Waals surface area (Å²) in [4.78, 5) is 2.64. The molecule has 2 saturated heterocycles. The van der Waals surface area contributed by atoms with Crippen molar-refractivity contribution in [3.8, 4) is 0 Å². The number of fused-ring (bicyclic) bond motifs is 1. The van der Waals surface area contributed by atoms with E-state index in [-0.39, 0.29) is 6.29 Å². The minimum atomic E-state index is -0.0337. The molecule has 0 aromatic carbocycles. The zero-order chi connectivity index (χ0) is 12.8. The van der Waals surface area contributed by atoms with Crippen LogP contribution in [0, 0.1) is 0 Å². The fourth-order valence-electron chi connectivity index (χ4n) is 3.29. The number of nitrogens with zero attached hydrogens (tertiary/aromatic N) is 1. The summed E-state index contributed by atoms with van der Waals surface area (Å²) in [6.45, 7) is 9.08. The Labute approximate surface area is 111 Å². The average Bonchev–Trinajstić information content (AvgIpc) is 2.94. The maximum atomic E-state index is 5.56.